The van der Waals surface area contributed by atoms with Gasteiger partial charge in [-0.05, 0) is 31.9 Å². The van der Waals surface area contributed by atoms with Crippen molar-refractivity contribution in [3.05, 3.63) is 35.4 Å². The SMILES string of the molecule is CC(C)[C@](C)(C#N)NC(=O)COC(=O)[C@H](C)N1C(=O)c2ccccc2C1=O. The van der Waals surface area contributed by atoms with Crippen molar-refractivity contribution in [2.24, 2.45) is 5.92 Å². The van der Waals surface area contributed by atoms with Gasteiger partial charge in [0.25, 0.3) is 17.7 Å². The molecule has 0 bridgehead atoms. The molecule has 1 aliphatic rings. The maximum absolute atomic E-state index is 12.4. The van der Waals surface area contributed by atoms with Crippen LogP contribution in [-0.4, -0.2) is 46.8 Å². The molecular formula is C19H21N3O5. The summed E-state index contributed by atoms with van der Waals surface area (Å²) in [6.07, 6.45) is 0. The van der Waals surface area contributed by atoms with Crippen LogP contribution in [-0.2, 0) is 14.3 Å². The highest BCUT2D eigenvalue weighted by Gasteiger charge is 2.41. The fourth-order valence-electron chi connectivity index (χ4n) is 2.55. The molecule has 1 aromatic carbocycles. The largest absolute Gasteiger partial charge is 0.454 e. The van der Waals surface area contributed by atoms with Gasteiger partial charge in [0.15, 0.2) is 6.61 Å². The Morgan fingerprint density at radius 3 is 2.15 bits per heavy atom. The Hall–Kier alpha value is -3.21. The number of nitriles is 1. The molecule has 1 N–H and O–H groups in total. The molecule has 0 saturated carbocycles. The van der Waals surface area contributed by atoms with E-state index in [1.165, 1.54) is 19.1 Å². The standard InChI is InChI=1S/C19H21N3O5/c1-11(2)19(4,10-20)21-15(23)9-27-18(26)12(3)22-16(24)13-7-5-6-8-14(13)17(22)25/h5-8,11-12H,9H2,1-4H3,(H,21,23)/t12-,19-/m0/s1. The van der Waals surface area contributed by atoms with Gasteiger partial charge in [0.05, 0.1) is 17.2 Å². The second-order valence-electron chi connectivity index (χ2n) is 6.83. The molecule has 27 heavy (non-hydrogen) atoms. The monoisotopic (exact) mass is 371 g/mol. The summed E-state index contributed by atoms with van der Waals surface area (Å²) in [5.74, 6) is -2.85. The van der Waals surface area contributed by atoms with Gasteiger partial charge in [-0.15, -0.1) is 0 Å². The Bertz CT molecular complexity index is 807. The van der Waals surface area contributed by atoms with Crippen LogP contribution in [0.25, 0.3) is 0 Å². The van der Waals surface area contributed by atoms with Crippen LogP contribution in [0.1, 0.15) is 48.4 Å². The first kappa shape index (κ1) is 20.1. The summed E-state index contributed by atoms with van der Waals surface area (Å²) >= 11 is 0. The zero-order valence-corrected chi connectivity index (χ0v) is 15.6. The first-order valence-corrected chi connectivity index (χ1v) is 8.48. The van der Waals surface area contributed by atoms with E-state index in [2.05, 4.69) is 5.32 Å². The molecule has 1 heterocycles. The molecule has 0 aliphatic carbocycles. The van der Waals surface area contributed by atoms with Gasteiger partial charge in [-0.3, -0.25) is 19.3 Å². The summed E-state index contributed by atoms with van der Waals surface area (Å²) in [4.78, 5) is 49.8. The number of fused-ring (bicyclic) bond motifs is 1. The Morgan fingerprint density at radius 1 is 1.19 bits per heavy atom. The van der Waals surface area contributed by atoms with Crippen LogP contribution >= 0.6 is 0 Å². The highest BCUT2D eigenvalue weighted by atomic mass is 16.5. The Kier molecular flexibility index (Phi) is 5.64. The molecule has 0 spiro atoms. The van der Waals surface area contributed by atoms with Crippen molar-refractivity contribution in [3.63, 3.8) is 0 Å². The zero-order chi connectivity index (χ0) is 20.4. The molecular weight excluding hydrogens is 350 g/mol. The van der Waals surface area contributed by atoms with Gasteiger partial charge in [-0.25, -0.2) is 4.79 Å². The lowest BCUT2D eigenvalue weighted by atomic mass is 9.90. The molecule has 0 aromatic heterocycles. The van der Waals surface area contributed by atoms with Crippen LogP contribution in [0.3, 0.4) is 0 Å². The topological polar surface area (TPSA) is 117 Å². The van der Waals surface area contributed by atoms with E-state index in [1.807, 2.05) is 6.07 Å². The first-order valence-electron chi connectivity index (χ1n) is 8.48. The van der Waals surface area contributed by atoms with E-state index < -0.39 is 41.9 Å². The predicted molar refractivity (Wildman–Crippen MR) is 94.4 cm³/mol. The van der Waals surface area contributed by atoms with Crippen molar-refractivity contribution >= 4 is 23.7 Å². The highest BCUT2D eigenvalue weighted by Crippen LogP contribution is 2.24. The summed E-state index contributed by atoms with van der Waals surface area (Å²) in [6.45, 7) is 5.87. The molecule has 2 atom stereocenters. The van der Waals surface area contributed by atoms with Crippen LogP contribution in [0.4, 0.5) is 0 Å². The fraction of sp³-hybridized carbons (Fsp3) is 0.421. The van der Waals surface area contributed by atoms with Gasteiger partial charge in [0, 0.05) is 0 Å². The van der Waals surface area contributed by atoms with E-state index >= 15 is 0 Å². The van der Waals surface area contributed by atoms with Crippen molar-refractivity contribution in [2.75, 3.05) is 6.61 Å². The third-order valence-electron chi connectivity index (χ3n) is 4.69. The number of nitrogens with one attached hydrogen (secondary N) is 1. The van der Waals surface area contributed by atoms with Crippen LogP contribution in [0, 0.1) is 17.2 Å². The first-order chi connectivity index (χ1) is 12.6. The van der Waals surface area contributed by atoms with E-state index in [0.29, 0.717) is 0 Å². The van der Waals surface area contributed by atoms with Gasteiger partial charge in [0.2, 0.25) is 0 Å². The lowest BCUT2D eigenvalue weighted by molar-refractivity contribution is -0.152. The van der Waals surface area contributed by atoms with Gasteiger partial charge in [-0.1, -0.05) is 26.0 Å². The lowest BCUT2D eigenvalue weighted by Gasteiger charge is -2.27. The number of carbonyl (C=O) groups excluding carboxylic acids is 4. The lowest BCUT2D eigenvalue weighted by Crippen LogP contribution is -2.50. The minimum absolute atomic E-state index is 0.153. The molecule has 142 valence electrons. The van der Waals surface area contributed by atoms with E-state index in [-0.39, 0.29) is 17.0 Å². The van der Waals surface area contributed by atoms with Crippen molar-refractivity contribution in [1.29, 1.82) is 5.26 Å². The van der Waals surface area contributed by atoms with E-state index in [1.54, 1.807) is 32.9 Å². The molecule has 0 unspecified atom stereocenters. The number of hydrogen-bond acceptors (Lipinski definition) is 6. The molecule has 1 aliphatic heterocycles. The Balaban J connectivity index is 1.99. The van der Waals surface area contributed by atoms with Crippen molar-refractivity contribution in [1.82, 2.24) is 10.2 Å². The van der Waals surface area contributed by atoms with Crippen molar-refractivity contribution in [3.8, 4) is 6.07 Å². The van der Waals surface area contributed by atoms with E-state index in [4.69, 9.17) is 4.74 Å². The van der Waals surface area contributed by atoms with Gasteiger partial charge in [0.1, 0.15) is 11.6 Å². The molecule has 8 nitrogen and oxygen atoms in total. The molecule has 0 fully saturated rings. The Morgan fingerprint density at radius 2 is 1.70 bits per heavy atom. The zero-order valence-electron chi connectivity index (χ0n) is 15.6. The number of benzene rings is 1. The number of ether oxygens (including phenoxy) is 1. The van der Waals surface area contributed by atoms with Crippen LogP contribution in [0.15, 0.2) is 24.3 Å². The minimum atomic E-state index is -1.18. The maximum atomic E-state index is 12.4. The number of imide groups is 1. The summed E-state index contributed by atoms with van der Waals surface area (Å²) in [6, 6.07) is 7.11. The molecule has 2 rings (SSSR count). The van der Waals surface area contributed by atoms with Gasteiger partial charge >= 0.3 is 5.97 Å². The molecule has 3 amide bonds. The normalized spacial score (nSPS) is 16.4. The van der Waals surface area contributed by atoms with E-state index in [9.17, 15) is 24.4 Å². The maximum Gasteiger partial charge on any atom is 0.329 e. The fourth-order valence-corrected chi connectivity index (χ4v) is 2.55. The predicted octanol–water partition coefficient (Wildman–Crippen LogP) is 1.27. The van der Waals surface area contributed by atoms with E-state index in [0.717, 1.165) is 4.90 Å². The highest BCUT2D eigenvalue weighted by molar-refractivity contribution is 6.22. The third-order valence-corrected chi connectivity index (χ3v) is 4.69. The second kappa shape index (κ2) is 7.58. The number of carbonyl (C=O) groups is 4. The summed E-state index contributed by atoms with van der Waals surface area (Å²) < 4.78 is 4.94. The van der Waals surface area contributed by atoms with Gasteiger partial charge in [-0.2, -0.15) is 5.26 Å². The number of hydrogen-bond donors (Lipinski definition) is 1. The smallest absolute Gasteiger partial charge is 0.329 e. The van der Waals surface area contributed by atoms with Crippen LogP contribution in [0.2, 0.25) is 0 Å². The minimum Gasteiger partial charge on any atom is -0.454 e. The number of nitrogens with zero attached hydrogens (tertiary/aromatic N) is 2. The molecule has 8 heteroatoms. The number of esters is 1. The number of rotatable bonds is 6. The summed E-state index contributed by atoms with van der Waals surface area (Å²) in [5.41, 5.74) is -0.652. The third kappa shape index (κ3) is 3.82. The summed E-state index contributed by atoms with van der Waals surface area (Å²) in [7, 11) is 0. The van der Waals surface area contributed by atoms with Crippen LogP contribution < -0.4 is 5.32 Å². The number of amides is 3. The quantitative estimate of drug-likeness (QED) is 0.594. The molecule has 0 saturated heterocycles. The second-order valence-corrected chi connectivity index (χ2v) is 6.83. The van der Waals surface area contributed by atoms with Crippen molar-refractivity contribution in [2.45, 2.75) is 39.3 Å². The molecule has 1 aromatic rings. The van der Waals surface area contributed by atoms with Gasteiger partial charge < -0.3 is 10.1 Å². The Labute approximate surface area is 157 Å². The summed E-state index contributed by atoms with van der Waals surface area (Å²) in [5, 5.41) is 11.7. The average Bonchev–Trinajstić information content (AvgIpc) is 2.90. The van der Waals surface area contributed by atoms with Crippen LogP contribution in [0.5, 0.6) is 0 Å². The average molecular weight is 371 g/mol. The van der Waals surface area contributed by atoms with Crippen molar-refractivity contribution < 1.29 is 23.9 Å². The molecule has 0 radical (unpaired) electrons.